The molecule has 2 heterocycles. The number of fused-ring (bicyclic) bond motifs is 1. The third kappa shape index (κ3) is 2.78. The Hall–Kier alpha value is -2.66. The van der Waals surface area contributed by atoms with Crippen molar-refractivity contribution in [2.75, 3.05) is 11.4 Å². The number of aryl methyl sites for hydroxylation is 1. The van der Waals surface area contributed by atoms with Crippen molar-refractivity contribution in [1.29, 1.82) is 0 Å². The molecule has 1 amide bonds. The topological polar surface area (TPSA) is 38.1 Å². The number of amides is 1. The number of para-hydroxylation sites is 1. The highest BCUT2D eigenvalue weighted by Crippen LogP contribution is 2.31. The minimum Gasteiger partial charge on any atom is -0.308 e. The lowest BCUT2D eigenvalue weighted by molar-refractivity contribution is 0.0984. The molecular weight excluding hydrogens is 353 g/mol. The van der Waals surface area contributed by atoms with Gasteiger partial charge in [-0.25, -0.2) is 9.07 Å². The van der Waals surface area contributed by atoms with Crippen LogP contribution in [-0.4, -0.2) is 22.2 Å². The van der Waals surface area contributed by atoms with Crippen LogP contribution in [0.2, 0.25) is 5.02 Å². The van der Waals surface area contributed by atoms with E-state index in [1.807, 2.05) is 12.1 Å². The molecule has 0 saturated carbocycles. The van der Waals surface area contributed by atoms with Crippen molar-refractivity contribution in [2.24, 2.45) is 0 Å². The van der Waals surface area contributed by atoms with Crippen molar-refractivity contribution < 1.29 is 9.18 Å². The Morgan fingerprint density at radius 1 is 1.19 bits per heavy atom. The van der Waals surface area contributed by atoms with Gasteiger partial charge in [-0.3, -0.25) is 4.79 Å². The van der Waals surface area contributed by atoms with E-state index < -0.39 is 0 Å². The van der Waals surface area contributed by atoms with Crippen LogP contribution in [0.25, 0.3) is 5.69 Å². The fourth-order valence-corrected chi connectivity index (χ4v) is 3.60. The molecule has 1 aromatic heterocycles. The van der Waals surface area contributed by atoms with Gasteiger partial charge in [-0.05, 0) is 55.7 Å². The summed E-state index contributed by atoms with van der Waals surface area (Å²) >= 11 is 6.08. The molecule has 1 aliphatic rings. The van der Waals surface area contributed by atoms with E-state index in [-0.39, 0.29) is 11.7 Å². The number of hydrogen-bond acceptors (Lipinski definition) is 2. The third-order valence-electron chi connectivity index (χ3n) is 4.73. The van der Waals surface area contributed by atoms with Crippen molar-refractivity contribution in [1.82, 2.24) is 9.78 Å². The maximum atomic E-state index is 14.1. The van der Waals surface area contributed by atoms with E-state index in [1.54, 1.807) is 36.1 Å². The lowest BCUT2D eigenvalue weighted by atomic mass is 10.0. The largest absolute Gasteiger partial charge is 0.308 e. The summed E-state index contributed by atoms with van der Waals surface area (Å²) < 4.78 is 15.6. The fourth-order valence-electron chi connectivity index (χ4n) is 3.41. The number of aromatic nitrogens is 2. The summed E-state index contributed by atoms with van der Waals surface area (Å²) in [4.78, 5) is 14.9. The summed E-state index contributed by atoms with van der Waals surface area (Å²) in [6.07, 6.45) is 3.28. The van der Waals surface area contributed by atoms with E-state index in [2.05, 4.69) is 5.10 Å². The SMILES string of the molecule is Cc1c(C(=O)N2CCCc3cc(Cl)ccc32)cnn1-c1ccccc1F. The monoisotopic (exact) mass is 369 g/mol. The van der Waals surface area contributed by atoms with Crippen LogP contribution in [0.4, 0.5) is 10.1 Å². The highest BCUT2D eigenvalue weighted by molar-refractivity contribution is 6.30. The molecule has 0 radical (unpaired) electrons. The summed E-state index contributed by atoms with van der Waals surface area (Å²) in [6, 6.07) is 12.0. The highest BCUT2D eigenvalue weighted by Gasteiger charge is 2.26. The zero-order chi connectivity index (χ0) is 18.3. The molecule has 4 rings (SSSR count). The van der Waals surface area contributed by atoms with Crippen LogP contribution in [0.5, 0.6) is 0 Å². The lowest BCUT2D eigenvalue weighted by Crippen LogP contribution is -2.35. The van der Waals surface area contributed by atoms with E-state index in [4.69, 9.17) is 11.6 Å². The van der Waals surface area contributed by atoms with Crippen LogP contribution in [0.3, 0.4) is 0 Å². The molecule has 132 valence electrons. The Balaban J connectivity index is 1.72. The second-order valence-electron chi connectivity index (χ2n) is 6.34. The first-order valence-electron chi connectivity index (χ1n) is 8.46. The minimum atomic E-state index is -0.379. The van der Waals surface area contributed by atoms with Crippen molar-refractivity contribution in [3.8, 4) is 5.69 Å². The molecule has 1 aliphatic heterocycles. The molecular formula is C20H17ClFN3O. The van der Waals surface area contributed by atoms with Gasteiger partial charge in [0.1, 0.15) is 11.5 Å². The van der Waals surface area contributed by atoms with Crippen LogP contribution < -0.4 is 4.90 Å². The number of hydrogen-bond donors (Lipinski definition) is 0. The van der Waals surface area contributed by atoms with Gasteiger partial charge in [0.25, 0.3) is 5.91 Å². The molecule has 0 saturated heterocycles. The second-order valence-corrected chi connectivity index (χ2v) is 6.78. The maximum absolute atomic E-state index is 14.1. The molecule has 26 heavy (non-hydrogen) atoms. The summed E-state index contributed by atoms with van der Waals surface area (Å²) in [5.74, 6) is -0.510. The number of halogens is 2. The summed E-state index contributed by atoms with van der Waals surface area (Å²) in [7, 11) is 0. The molecule has 6 heteroatoms. The fraction of sp³-hybridized carbons (Fsp3) is 0.200. The smallest absolute Gasteiger partial charge is 0.261 e. The molecule has 0 unspecified atom stereocenters. The van der Waals surface area contributed by atoms with E-state index in [9.17, 15) is 9.18 Å². The average Bonchev–Trinajstić information content (AvgIpc) is 3.02. The number of nitrogens with zero attached hydrogens (tertiary/aromatic N) is 3. The Kier molecular flexibility index (Phi) is 4.24. The van der Waals surface area contributed by atoms with Crippen molar-refractivity contribution in [3.63, 3.8) is 0 Å². The van der Waals surface area contributed by atoms with Crippen molar-refractivity contribution in [2.45, 2.75) is 19.8 Å². The Morgan fingerprint density at radius 2 is 2.00 bits per heavy atom. The number of anilines is 1. The molecule has 0 aliphatic carbocycles. The molecule has 0 atom stereocenters. The van der Waals surface area contributed by atoms with Crippen molar-refractivity contribution >= 4 is 23.2 Å². The van der Waals surface area contributed by atoms with Gasteiger partial charge < -0.3 is 4.90 Å². The standard InChI is InChI=1S/C20H17ClFN3O/c1-13-16(12-23-25(13)19-7-3-2-6-17(19)22)20(26)24-10-4-5-14-11-15(21)8-9-18(14)24/h2-3,6-9,11-12H,4-5,10H2,1H3. The number of carbonyl (C=O) groups is 1. The van der Waals surface area contributed by atoms with Crippen LogP contribution in [0.15, 0.2) is 48.7 Å². The van der Waals surface area contributed by atoms with Crippen LogP contribution in [0.1, 0.15) is 28.0 Å². The van der Waals surface area contributed by atoms with Gasteiger partial charge in [0.15, 0.2) is 0 Å². The van der Waals surface area contributed by atoms with E-state index in [1.165, 1.54) is 16.9 Å². The Morgan fingerprint density at radius 3 is 2.81 bits per heavy atom. The number of carbonyl (C=O) groups excluding carboxylic acids is 1. The average molecular weight is 370 g/mol. The highest BCUT2D eigenvalue weighted by atomic mass is 35.5. The third-order valence-corrected chi connectivity index (χ3v) is 4.96. The van der Waals surface area contributed by atoms with Crippen LogP contribution in [-0.2, 0) is 6.42 Å². The summed E-state index contributed by atoms with van der Waals surface area (Å²) in [6.45, 7) is 2.41. The molecule has 3 aromatic rings. The van der Waals surface area contributed by atoms with Gasteiger partial charge in [0.05, 0.1) is 17.5 Å². The predicted octanol–water partition coefficient (Wildman–Crippen LogP) is 4.57. The zero-order valence-electron chi connectivity index (χ0n) is 14.2. The zero-order valence-corrected chi connectivity index (χ0v) is 15.0. The molecule has 4 nitrogen and oxygen atoms in total. The summed E-state index contributed by atoms with van der Waals surface area (Å²) in [5, 5.41) is 4.91. The Bertz CT molecular complexity index is 998. The Labute approximate surface area is 155 Å². The van der Waals surface area contributed by atoms with Crippen LogP contribution in [0, 0.1) is 12.7 Å². The quantitative estimate of drug-likeness (QED) is 0.663. The minimum absolute atomic E-state index is 0.131. The van der Waals surface area contributed by atoms with Gasteiger partial charge in [-0.1, -0.05) is 23.7 Å². The number of rotatable bonds is 2. The normalized spacial score (nSPS) is 13.6. The van der Waals surface area contributed by atoms with E-state index in [0.717, 1.165) is 24.1 Å². The molecule has 0 N–H and O–H groups in total. The van der Waals surface area contributed by atoms with Gasteiger partial charge >= 0.3 is 0 Å². The van der Waals surface area contributed by atoms with Crippen molar-refractivity contribution in [3.05, 3.63) is 76.3 Å². The molecule has 0 spiro atoms. The molecule has 0 fully saturated rings. The van der Waals surface area contributed by atoms with Gasteiger partial charge in [0.2, 0.25) is 0 Å². The first-order chi connectivity index (χ1) is 12.6. The molecule has 0 bridgehead atoms. The lowest BCUT2D eigenvalue weighted by Gasteiger charge is -2.29. The van der Waals surface area contributed by atoms with E-state index >= 15 is 0 Å². The predicted molar refractivity (Wildman–Crippen MR) is 99.7 cm³/mol. The first kappa shape index (κ1) is 16.8. The van der Waals surface area contributed by atoms with E-state index in [0.29, 0.717) is 28.5 Å². The second kappa shape index (κ2) is 6.57. The van der Waals surface area contributed by atoms with Gasteiger partial charge in [-0.2, -0.15) is 5.10 Å². The van der Waals surface area contributed by atoms with Gasteiger partial charge in [-0.15, -0.1) is 0 Å². The number of benzene rings is 2. The maximum Gasteiger partial charge on any atom is 0.261 e. The first-order valence-corrected chi connectivity index (χ1v) is 8.84. The molecule has 2 aromatic carbocycles. The summed E-state index contributed by atoms with van der Waals surface area (Å²) in [5.41, 5.74) is 3.35. The van der Waals surface area contributed by atoms with Crippen LogP contribution >= 0.6 is 11.6 Å². The van der Waals surface area contributed by atoms with Gasteiger partial charge in [0, 0.05) is 17.3 Å².